The van der Waals surface area contributed by atoms with E-state index < -0.39 is 23.5 Å². The van der Waals surface area contributed by atoms with Gasteiger partial charge in [-0.3, -0.25) is 9.59 Å². The minimum atomic E-state index is -1.45. The van der Waals surface area contributed by atoms with E-state index in [1.807, 2.05) is 0 Å². The molecule has 0 aromatic rings. The van der Waals surface area contributed by atoms with E-state index in [2.05, 4.69) is 4.74 Å². The fraction of sp³-hybridized carbons (Fsp3) is 0.778. The highest BCUT2D eigenvalue weighted by atomic mass is 16.5. The molecule has 5 heteroatoms. The predicted molar refractivity (Wildman–Crippen MR) is 44.6 cm³/mol. The first-order valence-electron chi connectivity index (χ1n) is 4.58. The third-order valence-corrected chi connectivity index (χ3v) is 3.14. The van der Waals surface area contributed by atoms with Crippen molar-refractivity contribution < 1.29 is 24.2 Å². The van der Waals surface area contributed by atoms with Crippen LogP contribution in [0.4, 0.5) is 0 Å². The fourth-order valence-electron chi connectivity index (χ4n) is 2.42. The summed E-state index contributed by atoms with van der Waals surface area (Å²) in [4.78, 5) is 22.6. The maximum Gasteiger partial charge on any atom is 0.326 e. The van der Waals surface area contributed by atoms with E-state index in [0.29, 0.717) is 6.42 Å². The lowest BCUT2D eigenvalue weighted by molar-refractivity contribution is -0.171. The Balaban J connectivity index is 2.33. The SMILES string of the molecule is COC(=O)C1(C(=O)O)CC2CCC1O2. The Morgan fingerprint density at radius 2 is 2.21 bits per heavy atom. The zero-order chi connectivity index (χ0) is 10.3. The van der Waals surface area contributed by atoms with E-state index in [9.17, 15) is 9.59 Å². The Morgan fingerprint density at radius 1 is 1.50 bits per heavy atom. The van der Waals surface area contributed by atoms with Crippen molar-refractivity contribution in [2.45, 2.75) is 31.5 Å². The molecule has 3 unspecified atom stereocenters. The molecule has 2 fully saturated rings. The topological polar surface area (TPSA) is 72.8 Å². The molecule has 0 amide bonds. The molecular formula is C9H12O5. The number of methoxy groups -OCH3 is 1. The summed E-state index contributed by atoms with van der Waals surface area (Å²) in [6.45, 7) is 0. The number of carboxylic acids is 1. The maximum atomic E-state index is 11.5. The minimum absolute atomic E-state index is 0.0878. The number of carbonyl (C=O) groups excluding carboxylic acids is 1. The van der Waals surface area contributed by atoms with Crippen LogP contribution in [-0.2, 0) is 19.1 Å². The van der Waals surface area contributed by atoms with Crippen molar-refractivity contribution in [2.24, 2.45) is 5.41 Å². The molecule has 0 aromatic carbocycles. The zero-order valence-corrected chi connectivity index (χ0v) is 7.86. The zero-order valence-electron chi connectivity index (χ0n) is 7.86. The highest BCUT2D eigenvalue weighted by Gasteiger charge is 2.63. The second-order valence-electron chi connectivity index (χ2n) is 3.80. The summed E-state index contributed by atoms with van der Waals surface area (Å²) in [5.74, 6) is -1.81. The normalized spacial score (nSPS) is 39.8. The number of carbonyl (C=O) groups is 2. The Kier molecular flexibility index (Phi) is 1.99. The highest BCUT2D eigenvalue weighted by molar-refractivity contribution is 6.00. The quantitative estimate of drug-likeness (QED) is 0.508. The van der Waals surface area contributed by atoms with Crippen LogP contribution in [0.15, 0.2) is 0 Å². The van der Waals surface area contributed by atoms with Gasteiger partial charge in [-0.05, 0) is 12.8 Å². The third kappa shape index (κ3) is 0.987. The van der Waals surface area contributed by atoms with Gasteiger partial charge >= 0.3 is 11.9 Å². The molecule has 2 aliphatic rings. The lowest BCUT2D eigenvalue weighted by Gasteiger charge is -2.27. The van der Waals surface area contributed by atoms with Crippen molar-refractivity contribution in [3.63, 3.8) is 0 Å². The molecule has 1 N–H and O–H groups in total. The van der Waals surface area contributed by atoms with Gasteiger partial charge in [0.05, 0.1) is 19.3 Å². The fourth-order valence-corrected chi connectivity index (χ4v) is 2.42. The van der Waals surface area contributed by atoms with Crippen LogP contribution in [0.1, 0.15) is 19.3 Å². The number of hydrogen-bond donors (Lipinski definition) is 1. The molecule has 0 spiro atoms. The van der Waals surface area contributed by atoms with Crippen molar-refractivity contribution in [3.8, 4) is 0 Å². The van der Waals surface area contributed by atoms with Crippen molar-refractivity contribution in [3.05, 3.63) is 0 Å². The molecular weight excluding hydrogens is 188 g/mol. The Labute approximate surface area is 81.0 Å². The molecule has 2 rings (SSSR count). The number of carboxylic acid groups (broad SMARTS) is 1. The van der Waals surface area contributed by atoms with E-state index >= 15 is 0 Å². The molecule has 2 heterocycles. The first kappa shape index (κ1) is 9.45. The first-order chi connectivity index (χ1) is 6.61. The molecule has 5 nitrogen and oxygen atoms in total. The summed E-state index contributed by atoms with van der Waals surface area (Å²) in [6.07, 6.45) is 1.13. The monoisotopic (exact) mass is 200 g/mol. The van der Waals surface area contributed by atoms with Crippen LogP contribution < -0.4 is 0 Å². The second-order valence-corrected chi connectivity index (χ2v) is 3.80. The molecule has 2 bridgehead atoms. The van der Waals surface area contributed by atoms with Crippen LogP contribution in [0, 0.1) is 5.41 Å². The standard InChI is InChI=1S/C9H12O5/c1-13-8(12)9(7(10)11)4-5-2-3-6(9)14-5/h5-6H,2-4H2,1H3,(H,10,11). The van der Waals surface area contributed by atoms with Gasteiger partial charge in [-0.15, -0.1) is 0 Å². The van der Waals surface area contributed by atoms with Gasteiger partial charge in [-0.25, -0.2) is 0 Å². The summed E-state index contributed by atoms with van der Waals surface area (Å²) in [5, 5.41) is 9.11. The average Bonchev–Trinajstić information content (AvgIpc) is 2.75. The molecule has 0 radical (unpaired) electrons. The van der Waals surface area contributed by atoms with E-state index in [0.717, 1.165) is 6.42 Å². The summed E-state index contributed by atoms with van der Waals surface area (Å²) in [5.41, 5.74) is -1.45. The third-order valence-electron chi connectivity index (χ3n) is 3.14. The number of ether oxygens (including phenoxy) is 2. The summed E-state index contributed by atoms with van der Waals surface area (Å²) < 4.78 is 9.94. The molecule has 78 valence electrons. The van der Waals surface area contributed by atoms with Crippen LogP contribution in [0.3, 0.4) is 0 Å². The molecule has 2 saturated heterocycles. The number of fused-ring (bicyclic) bond motifs is 2. The van der Waals surface area contributed by atoms with Crippen molar-refractivity contribution >= 4 is 11.9 Å². The number of hydrogen-bond acceptors (Lipinski definition) is 4. The molecule has 0 aromatic heterocycles. The van der Waals surface area contributed by atoms with Gasteiger partial charge in [-0.1, -0.05) is 0 Å². The summed E-state index contributed by atoms with van der Waals surface area (Å²) >= 11 is 0. The molecule has 0 saturated carbocycles. The van der Waals surface area contributed by atoms with E-state index in [4.69, 9.17) is 9.84 Å². The lowest BCUT2D eigenvalue weighted by Crippen LogP contribution is -2.47. The van der Waals surface area contributed by atoms with Crippen molar-refractivity contribution in [1.29, 1.82) is 0 Å². The van der Waals surface area contributed by atoms with Crippen LogP contribution in [0.2, 0.25) is 0 Å². The number of rotatable bonds is 2. The first-order valence-corrected chi connectivity index (χ1v) is 4.58. The highest BCUT2D eigenvalue weighted by Crippen LogP contribution is 2.48. The Morgan fingerprint density at radius 3 is 2.57 bits per heavy atom. The van der Waals surface area contributed by atoms with E-state index in [1.165, 1.54) is 7.11 Å². The average molecular weight is 200 g/mol. The van der Waals surface area contributed by atoms with Crippen molar-refractivity contribution in [1.82, 2.24) is 0 Å². The Bertz CT molecular complexity index is 287. The predicted octanol–water partition coefficient (Wildman–Crippen LogP) is 0.182. The minimum Gasteiger partial charge on any atom is -0.480 e. The van der Waals surface area contributed by atoms with Gasteiger partial charge in [-0.2, -0.15) is 0 Å². The van der Waals surface area contributed by atoms with Gasteiger partial charge in [0, 0.05) is 6.42 Å². The smallest absolute Gasteiger partial charge is 0.326 e. The van der Waals surface area contributed by atoms with Gasteiger partial charge in [0.2, 0.25) is 0 Å². The van der Waals surface area contributed by atoms with E-state index in [1.54, 1.807) is 0 Å². The number of aliphatic carboxylic acids is 1. The maximum absolute atomic E-state index is 11.5. The number of esters is 1. The summed E-state index contributed by atoms with van der Waals surface area (Å²) in [7, 11) is 1.21. The second kappa shape index (κ2) is 2.95. The molecule has 2 aliphatic heterocycles. The Hall–Kier alpha value is -1.10. The lowest BCUT2D eigenvalue weighted by atomic mass is 9.74. The molecule has 3 atom stereocenters. The van der Waals surface area contributed by atoms with Crippen LogP contribution in [0.5, 0.6) is 0 Å². The van der Waals surface area contributed by atoms with Gasteiger partial charge in [0.1, 0.15) is 0 Å². The van der Waals surface area contributed by atoms with Crippen LogP contribution >= 0.6 is 0 Å². The van der Waals surface area contributed by atoms with Gasteiger partial charge in [0.15, 0.2) is 5.41 Å². The van der Waals surface area contributed by atoms with Gasteiger partial charge < -0.3 is 14.6 Å². The van der Waals surface area contributed by atoms with Crippen LogP contribution in [0.25, 0.3) is 0 Å². The van der Waals surface area contributed by atoms with E-state index in [-0.39, 0.29) is 12.5 Å². The molecule has 14 heavy (non-hydrogen) atoms. The van der Waals surface area contributed by atoms with Crippen molar-refractivity contribution in [2.75, 3.05) is 7.11 Å². The van der Waals surface area contributed by atoms with Gasteiger partial charge in [0.25, 0.3) is 0 Å². The largest absolute Gasteiger partial charge is 0.480 e. The summed E-state index contributed by atoms with van der Waals surface area (Å²) in [6, 6.07) is 0. The molecule has 0 aliphatic carbocycles. The van der Waals surface area contributed by atoms with Crippen LogP contribution in [-0.4, -0.2) is 36.4 Å².